The van der Waals surface area contributed by atoms with Gasteiger partial charge in [-0.3, -0.25) is 14.6 Å². The van der Waals surface area contributed by atoms with Crippen LogP contribution in [-0.4, -0.2) is 28.2 Å². The number of halogens is 1. The van der Waals surface area contributed by atoms with E-state index in [0.717, 1.165) is 23.3 Å². The van der Waals surface area contributed by atoms with E-state index in [1.54, 1.807) is 47.6 Å². The summed E-state index contributed by atoms with van der Waals surface area (Å²) in [6.07, 6.45) is 5.03. The first kappa shape index (κ1) is 21.1. The number of hydrogen-bond acceptors (Lipinski definition) is 5. The van der Waals surface area contributed by atoms with Crippen molar-refractivity contribution in [1.29, 1.82) is 0 Å². The summed E-state index contributed by atoms with van der Waals surface area (Å²) >= 11 is 1.28. The molecule has 3 heterocycles. The lowest BCUT2D eigenvalue weighted by molar-refractivity contribution is -0.132. The Morgan fingerprint density at radius 1 is 1.23 bits per heavy atom. The lowest BCUT2D eigenvalue weighted by Crippen LogP contribution is -2.32. The summed E-state index contributed by atoms with van der Waals surface area (Å²) in [5.74, 6) is -0.591. The highest BCUT2D eigenvalue weighted by Crippen LogP contribution is 2.34. The Morgan fingerprint density at radius 2 is 2.03 bits per heavy atom. The third-order valence-electron chi connectivity index (χ3n) is 5.36. The van der Waals surface area contributed by atoms with Crippen LogP contribution in [0.1, 0.15) is 51.5 Å². The van der Waals surface area contributed by atoms with Crippen LogP contribution in [0.4, 0.5) is 10.1 Å². The second-order valence-corrected chi connectivity index (χ2v) is 8.62. The number of nitrogens with one attached hydrogen (secondary N) is 1. The molecule has 3 N–H and O–H groups in total. The number of amides is 2. The van der Waals surface area contributed by atoms with Crippen molar-refractivity contribution in [2.24, 2.45) is 5.73 Å². The van der Waals surface area contributed by atoms with Crippen molar-refractivity contribution in [1.82, 2.24) is 9.88 Å². The van der Waals surface area contributed by atoms with Crippen LogP contribution in [0.25, 0.3) is 0 Å². The molecule has 0 spiro atoms. The number of hydrogen-bond donors (Lipinski definition) is 2. The van der Waals surface area contributed by atoms with Crippen LogP contribution in [0.5, 0.6) is 0 Å². The quantitative estimate of drug-likeness (QED) is 0.601. The Kier molecular flexibility index (Phi) is 6.39. The minimum Gasteiger partial charge on any atom is -0.336 e. The van der Waals surface area contributed by atoms with Gasteiger partial charge in [-0.25, -0.2) is 4.39 Å². The summed E-state index contributed by atoms with van der Waals surface area (Å²) in [6.45, 7) is 0.636. The van der Waals surface area contributed by atoms with E-state index in [1.807, 2.05) is 6.07 Å². The molecule has 1 fully saturated rings. The summed E-state index contributed by atoms with van der Waals surface area (Å²) in [7, 11) is 0. The number of nitrogens with two attached hydrogens (primary N) is 1. The molecule has 2 amide bonds. The number of likely N-dealkylation sites (tertiary alicyclic amines) is 1. The van der Waals surface area contributed by atoms with Crippen LogP contribution in [-0.2, 0) is 4.79 Å². The highest BCUT2D eigenvalue weighted by Gasteiger charge is 2.31. The number of thiophene rings is 1. The van der Waals surface area contributed by atoms with Crippen molar-refractivity contribution in [2.75, 3.05) is 11.9 Å². The number of pyridine rings is 1. The lowest BCUT2D eigenvalue weighted by atomic mass is 10.0. The number of carbonyl (C=O) groups excluding carboxylic acids is 2. The van der Waals surface area contributed by atoms with Gasteiger partial charge < -0.3 is 16.0 Å². The molecule has 2 unspecified atom stereocenters. The molecule has 6 nitrogen and oxygen atoms in total. The smallest absolute Gasteiger partial charge is 0.265 e. The number of nitrogens with zero attached hydrogens (tertiary/aromatic N) is 2. The summed E-state index contributed by atoms with van der Waals surface area (Å²) in [5.41, 5.74) is 7.77. The van der Waals surface area contributed by atoms with Gasteiger partial charge in [0, 0.05) is 42.0 Å². The van der Waals surface area contributed by atoms with Gasteiger partial charge in [-0.05, 0) is 54.8 Å². The second-order valence-electron chi connectivity index (χ2n) is 7.50. The highest BCUT2D eigenvalue weighted by atomic mass is 32.1. The maximum absolute atomic E-state index is 13.6. The van der Waals surface area contributed by atoms with Crippen molar-refractivity contribution in [3.05, 3.63) is 82.1 Å². The zero-order chi connectivity index (χ0) is 21.8. The van der Waals surface area contributed by atoms with Crippen molar-refractivity contribution < 1.29 is 14.0 Å². The largest absolute Gasteiger partial charge is 0.336 e. The van der Waals surface area contributed by atoms with Gasteiger partial charge in [0.2, 0.25) is 5.91 Å². The van der Waals surface area contributed by atoms with Gasteiger partial charge in [-0.2, -0.15) is 0 Å². The minimum atomic E-state index is -0.506. The molecule has 1 aliphatic heterocycles. The van der Waals surface area contributed by atoms with Crippen LogP contribution in [0.15, 0.2) is 60.9 Å². The zero-order valence-electron chi connectivity index (χ0n) is 16.8. The minimum absolute atomic E-state index is 0.0598. The van der Waals surface area contributed by atoms with Gasteiger partial charge in [0.05, 0.1) is 10.9 Å². The monoisotopic (exact) mass is 438 g/mol. The standard InChI is InChI=1S/C23H23FN4O2S/c24-16-4-1-3-15(13-16)19-5-2-12-28(19)22(29)14-18(25)20-6-7-21(31-20)23(30)27-17-8-10-26-11-9-17/h1,3-4,6-11,13,18-19H,2,5,12,14,25H2,(H,26,27,30). The Bertz CT molecular complexity index is 1070. The summed E-state index contributed by atoms with van der Waals surface area (Å²) in [6, 6.07) is 12.7. The van der Waals surface area contributed by atoms with Crippen molar-refractivity contribution >= 4 is 28.8 Å². The number of anilines is 1. The third kappa shape index (κ3) is 4.98. The van der Waals surface area contributed by atoms with Gasteiger partial charge in [-0.15, -0.1) is 11.3 Å². The molecule has 4 rings (SSSR count). The molecule has 1 aromatic carbocycles. The van der Waals surface area contributed by atoms with E-state index in [9.17, 15) is 14.0 Å². The molecule has 160 valence electrons. The van der Waals surface area contributed by atoms with E-state index in [1.165, 1.54) is 23.5 Å². The molecule has 2 aromatic heterocycles. The van der Waals surface area contributed by atoms with Gasteiger partial charge in [0.1, 0.15) is 5.82 Å². The molecule has 0 aliphatic carbocycles. The molecule has 0 radical (unpaired) electrons. The average Bonchev–Trinajstić information content (AvgIpc) is 3.45. The van der Waals surface area contributed by atoms with Crippen LogP contribution in [0.3, 0.4) is 0 Å². The van der Waals surface area contributed by atoms with Crippen molar-refractivity contribution in [3.8, 4) is 0 Å². The molecule has 0 bridgehead atoms. The van der Waals surface area contributed by atoms with E-state index in [0.29, 0.717) is 17.1 Å². The number of carbonyl (C=O) groups is 2. The molecular weight excluding hydrogens is 415 g/mol. The van der Waals surface area contributed by atoms with E-state index >= 15 is 0 Å². The number of rotatable bonds is 6. The summed E-state index contributed by atoms with van der Waals surface area (Å²) < 4.78 is 13.6. The molecule has 1 saturated heterocycles. The van der Waals surface area contributed by atoms with E-state index in [2.05, 4.69) is 10.3 Å². The number of benzene rings is 1. The van der Waals surface area contributed by atoms with Crippen molar-refractivity contribution in [3.63, 3.8) is 0 Å². The topological polar surface area (TPSA) is 88.3 Å². The molecule has 31 heavy (non-hydrogen) atoms. The molecule has 3 aromatic rings. The van der Waals surface area contributed by atoms with Gasteiger partial charge in [0.15, 0.2) is 0 Å². The summed E-state index contributed by atoms with van der Waals surface area (Å²) in [5, 5.41) is 2.81. The maximum atomic E-state index is 13.6. The number of aromatic nitrogens is 1. The van der Waals surface area contributed by atoms with E-state index in [-0.39, 0.29) is 30.1 Å². The SMILES string of the molecule is NC(CC(=O)N1CCCC1c1cccc(F)c1)c1ccc(C(=O)Nc2ccncc2)s1. The average molecular weight is 439 g/mol. The van der Waals surface area contributed by atoms with Crippen LogP contribution >= 0.6 is 11.3 Å². The highest BCUT2D eigenvalue weighted by molar-refractivity contribution is 7.14. The fourth-order valence-electron chi connectivity index (χ4n) is 3.83. The van der Waals surface area contributed by atoms with E-state index < -0.39 is 6.04 Å². The normalized spacial score (nSPS) is 16.8. The van der Waals surface area contributed by atoms with Crippen molar-refractivity contribution in [2.45, 2.75) is 31.3 Å². The van der Waals surface area contributed by atoms with Crippen LogP contribution in [0.2, 0.25) is 0 Å². The molecule has 2 atom stereocenters. The molecular formula is C23H23FN4O2S. The zero-order valence-corrected chi connectivity index (χ0v) is 17.6. The van der Waals surface area contributed by atoms with Crippen LogP contribution < -0.4 is 11.1 Å². The maximum Gasteiger partial charge on any atom is 0.265 e. The van der Waals surface area contributed by atoms with Gasteiger partial charge in [-0.1, -0.05) is 12.1 Å². The van der Waals surface area contributed by atoms with Gasteiger partial charge in [0.25, 0.3) is 5.91 Å². The fourth-order valence-corrected chi connectivity index (χ4v) is 4.74. The lowest BCUT2D eigenvalue weighted by Gasteiger charge is -2.26. The molecule has 8 heteroatoms. The fraction of sp³-hybridized carbons (Fsp3) is 0.261. The van der Waals surface area contributed by atoms with Gasteiger partial charge >= 0.3 is 0 Å². The third-order valence-corrected chi connectivity index (χ3v) is 6.57. The summed E-state index contributed by atoms with van der Waals surface area (Å²) in [4.78, 5) is 32.4. The Hall–Kier alpha value is -3.10. The first-order valence-electron chi connectivity index (χ1n) is 10.1. The molecule has 0 saturated carbocycles. The molecule has 1 aliphatic rings. The first-order valence-corrected chi connectivity index (χ1v) is 10.9. The first-order chi connectivity index (χ1) is 15.0. The van der Waals surface area contributed by atoms with Crippen LogP contribution in [0, 0.1) is 5.82 Å². The Balaban J connectivity index is 1.39. The Morgan fingerprint density at radius 3 is 2.81 bits per heavy atom. The Labute approximate surface area is 183 Å². The van der Waals surface area contributed by atoms with E-state index in [4.69, 9.17) is 5.73 Å². The predicted octanol–water partition coefficient (Wildman–Crippen LogP) is 4.29. The second kappa shape index (κ2) is 9.36. The predicted molar refractivity (Wildman–Crippen MR) is 118 cm³/mol.